The molecular weight excluding hydrogens is 470 g/mol. The van der Waals surface area contributed by atoms with Gasteiger partial charge in [-0.15, -0.1) is 0 Å². The molecule has 1 aliphatic rings. The van der Waals surface area contributed by atoms with E-state index in [0.717, 1.165) is 0 Å². The zero-order valence-corrected chi connectivity index (χ0v) is 19.9. The number of fused-ring (bicyclic) bond motifs is 1. The number of nitrogens with zero attached hydrogens (tertiary/aromatic N) is 5. The van der Waals surface area contributed by atoms with Gasteiger partial charge < -0.3 is 9.84 Å². The number of sulfonamides is 1. The van der Waals surface area contributed by atoms with Gasteiger partial charge in [0, 0.05) is 23.5 Å². The maximum absolute atomic E-state index is 13.2. The molecule has 3 heterocycles. The van der Waals surface area contributed by atoms with Gasteiger partial charge in [-0.2, -0.15) is 9.40 Å². The number of rotatable bonds is 7. The highest BCUT2D eigenvalue weighted by molar-refractivity contribution is 7.89. The number of carbonyl (C=O) groups is 1. The highest BCUT2D eigenvalue weighted by atomic mass is 35.5. The fourth-order valence-corrected chi connectivity index (χ4v) is 5.60. The minimum Gasteiger partial charge on any atom is -0.481 e. The maximum atomic E-state index is 13.2. The van der Waals surface area contributed by atoms with Crippen LogP contribution >= 0.6 is 11.6 Å². The van der Waals surface area contributed by atoms with Crippen LogP contribution in [-0.4, -0.2) is 62.7 Å². The number of benzene rings is 1. The van der Waals surface area contributed by atoms with Crippen LogP contribution in [0.15, 0.2) is 35.5 Å². The van der Waals surface area contributed by atoms with Crippen LogP contribution in [0.3, 0.4) is 0 Å². The topological polar surface area (TPSA) is 128 Å². The van der Waals surface area contributed by atoms with E-state index in [1.54, 1.807) is 22.9 Å². The Hall–Kier alpha value is -2.76. The number of carboxylic acid groups (broad SMARTS) is 1. The Bertz CT molecular complexity index is 1290. The second-order valence-corrected chi connectivity index (χ2v) is 10.7. The molecule has 0 radical (unpaired) electrons. The molecule has 1 N–H and O–H groups in total. The van der Waals surface area contributed by atoms with Crippen LogP contribution in [0.4, 0.5) is 0 Å². The Morgan fingerprint density at radius 3 is 2.61 bits per heavy atom. The number of aliphatic carboxylic acids is 1. The molecule has 1 fully saturated rings. The van der Waals surface area contributed by atoms with Crippen LogP contribution in [-0.2, 0) is 21.2 Å². The van der Waals surface area contributed by atoms with Crippen molar-refractivity contribution in [2.24, 2.45) is 5.92 Å². The molecule has 2 aromatic heterocycles. The molecule has 0 aliphatic carbocycles. The van der Waals surface area contributed by atoms with Crippen LogP contribution in [0.25, 0.3) is 10.9 Å². The number of ether oxygens (including phenoxy) is 1. The van der Waals surface area contributed by atoms with Gasteiger partial charge >= 0.3 is 12.0 Å². The predicted molar refractivity (Wildman–Crippen MR) is 121 cm³/mol. The van der Waals surface area contributed by atoms with Gasteiger partial charge in [0.2, 0.25) is 10.0 Å². The number of halogens is 1. The third-order valence-corrected chi connectivity index (χ3v) is 7.52. The van der Waals surface area contributed by atoms with Crippen molar-refractivity contribution >= 4 is 38.5 Å². The highest BCUT2D eigenvalue weighted by Gasteiger charge is 2.39. The molecule has 0 spiro atoms. The van der Waals surface area contributed by atoms with Gasteiger partial charge in [-0.1, -0.05) is 18.5 Å². The van der Waals surface area contributed by atoms with Gasteiger partial charge in [0.15, 0.2) is 0 Å². The molecular formula is C21H24ClN5O5S. The van der Waals surface area contributed by atoms with E-state index in [1.807, 2.05) is 20.8 Å². The Morgan fingerprint density at radius 1 is 1.27 bits per heavy atom. The number of aromatic nitrogens is 4. The largest absolute Gasteiger partial charge is 0.481 e. The van der Waals surface area contributed by atoms with Gasteiger partial charge in [-0.25, -0.2) is 18.4 Å². The second-order valence-electron chi connectivity index (χ2n) is 8.36. The van der Waals surface area contributed by atoms with Crippen molar-refractivity contribution in [2.45, 2.75) is 44.2 Å². The van der Waals surface area contributed by atoms with Crippen LogP contribution in [0, 0.1) is 5.92 Å². The second kappa shape index (κ2) is 8.88. The molecule has 0 bridgehead atoms. The van der Waals surface area contributed by atoms with E-state index < -0.39 is 16.0 Å². The molecule has 2 atom stereocenters. The summed E-state index contributed by atoms with van der Waals surface area (Å²) in [5.74, 6) is -1.07. The summed E-state index contributed by atoms with van der Waals surface area (Å²) in [6.07, 6.45) is 2.12. The minimum absolute atomic E-state index is 0.0219. The molecule has 1 aromatic carbocycles. The molecule has 3 aromatic rings. The maximum Gasteiger partial charge on any atom is 0.316 e. The molecule has 1 saturated heterocycles. The first kappa shape index (κ1) is 23.4. The van der Waals surface area contributed by atoms with Gasteiger partial charge in [0.25, 0.3) is 0 Å². The minimum atomic E-state index is -3.84. The smallest absolute Gasteiger partial charge is 0.316 e. The Morgan fingerprint density at radius 2 is 1.97 bits per heavy atom. The third kappa shape index (κ3) is 4.66. The molecule has 1 aliphatic heterocycles. The average Bonchev–Trinajstić information content (AvgIpc) is 3.28. The molecule has 176 valence electrons. The predicted octanol–water partition coefficient (Wildman–Crippen LogP) is 2.78. The number of hydrogen-bond acceptors (Lipinski definition) is 7. The molecule has 33 heavy (non-hydrogen) atoms. The van der Waals surface area contributed by atoms with Gasteiger partial charge in [0.1, 0.15) is 4.90 Å². The SMILES string of the molecule is CC(C)Oc1ncc(S(=O)(=O)N2C[C@@H](C)[C@@H](n3nc(CC(=O)O)c4ccc(Cl)cc43)C2)cn1. The summed E-state index contributed by atoms with van der Waals surface area (Å²) in [5, 5.41) is 15.0. The van der Waals surface area contributed by atoms with Crippen molar-refractivity contribution < 1.29 is 23.1 Å². The van der Waals surface area contributed by atoms with Crippen molar-refractivity contribution in [1.82, 2.24) is 24.1 Å². The Labute approximate surface area is 196 Å². The van der Waals surface area contributed by atoms with Crippen molar-refractivity contribution in [3.05, 3.63) is 41.3 Å². The molecule has 0 saturated carbocycles. The van der Waals surface area contributed by atoms with Gasteiger partial charge in [0.05, 0.1) is 42.2 Å². The van der Waals surface area contributed by atoms with E-state index in [1.165, 1.54) is 16.7 Å². The normalized spacial score (nSPS) is 19.4. The van der Waals surface area contributed by atoms with Gasteiger partial charge in [-0.3, -0.25) is 9.48 Å². The van der Waals surface area contributed by atoms with Gasteiger partial charge in [-0.05, 0) is 38.0 Å². The van der Waals surface area contributed by atoms with E-state index in [-0.39, 0.29) is 48.5 Å². The zero-order chi connectivity index (χ0) is 23.9. The molecule has 0 amide bonds. The summed E-state index contributed by atoms with van der Waals surface area (Å²) < 4.78 is 34.9. The summed E-state index contributed by atoms with van der Waals surface area (Å²) in [5.41, 5.74) is 1.09. The highest BCUT2D eigenvalue weighted by Crippen LogP contribution is 2.35. The van der Waals surface area contributed by atoms with E-state index in [2.05, 4.69) is 15.1 Å². The summed E-state index contributed by atoms with van der Waals surface area (Å²) in [7, 11) is -3.84. The van der Waals surface area contributed by atoms with Crippen molar-refractivity contribution in [3.8, 4) is 6.01 Å². The average molecular weight is 494 g/mol. The number of carboxylic acids is 1. The van der Waals surface area contributed by atoms with Crippen molar-refractivity contribution in [1.29, 1.82) is 0 Å². The zero-order valence-electron chi connectivity index (χ0n) is 18.3. The van der Waals surface area contributed by atoms with E-state index in [4.69, 9.17) is 16.3 Å². The van der Waals surface area contributed by atoms with Crippen molar-refractivity contribution in [3.63, 3.8) is 0 Å². The molecule has 12 heteroatoms. The lowest BCUT2D eigenvalue weighted by molar-refractivity contribution is -0.136. The standard InChI is InChI=1S/C21H24ClN5O5S/c1-12(2)32-21-23-8-15(9-24-21)33(30,31)26-10-13(3)19(11-26)27-18-6-14(22)4-5-16(18)17(25-27)7-20(28)29/h4-6,8-9,12-13,19H,7,10-11H2,1-3H3,(H,28,29)/t13-,19+/m1/s1. The van der Waals surface area contributed by atoms with Crippen LogP contribution in [0.1, 0.15) is 32.5 Å². The molecule has 10 nitrogen and oxygen atoms in total. The lowest BCUT2D eigenvalue weighted by Crippen LogP contribution is -2.29. The Balaban J connectivity index is 1.64. The quantitative estimate of drug-likeness (QED) is 0.532. The van der Waals surface area contributed by atoms with Crippen LogP contribution in [0.2, 0.25) is 5.02 Å². The lowest BCUT2D eigenvalue weighted by Gasteiger charge is -2.17. The fourth-order valence-electron chi connectivity index (χ4n) is 3.98. The molecule has 0 unspecified atom stereocenters. The van der Waals surface area contributed by atoms with Crippen molar-refractivity contribution in [2.75, 3.05) is 13.1 Å². The summed E-state index contributed by atoms with van der Waals surface area (Å²) in [4.78, 5) is 19.3. The van der Waals surface area contributed by atoms with Crippen LogP contribution in [0.5, 0.6) is 6.01 Å². The molecule has 4 rings (SSSR count). The monoisotopic (exact) mass is 493 g/mol. The van der Waals surface area contributed by atoms with E-state index in [0.29, 0.717) is 21.6 Å². The first-order valence-electron chi connectivity index (χ1n) is 10.4. The summed E-state index contributed by atoms with van der Waals surface area (Å²) in [6, 6.07) is 4.96. The summed E-state index contributed by atoms with van der Waals surface area (Å²) in [6.45, 7) is 6.03. The third-order valence-electron chi connectivity index (χ3n) is 5.50. The van der Waals surface area contributed by atoms with E-state index >= 15 is 0 Å². The fraction of sp³-hybridized carbons (Fsp3) is 0.429. The lowest BCUT2D eigenvalue weighted by atomic mass is 10.1. The Kier molecular flexibility index (Phi) is 6.30. The first-order valence-corrected chi connectivity index (χ1v) is 12.3. The summed E-state index contributed by atoms with van der Waals surface area (Å²) >= 11 is 6.19. The number of hydrogen-bond donors (Lipinski definition) is 1. The first-order chi connectivity index (χ1) is 15.6. The van der Waals surface area contributed by atoms with E-state index in [9.17, 15) is 18.3 Å². The van der Waals surface area contributed by atoms with Crippen LogP contribution < -0.4 is 4.74 Å².